The number of ether oxygens (including phenoxy) is 3. The zero-order valence-corrected chi connectivity index (χ0v) is 24.2. The molecule has 0 unspecified atom stereocenters. The van der Waals surface area contributed by atoms with Gasteiger partial charge in [-0.15, -0.1) is 0 Å². The summed E-state index contributed by atoms with van der Waals surface area (Å²) in [6.45, 7) is 4.47. The molecule has 0 saturated heterocycles. The molecule has 2 aliphatic rings. The van der Waals surface area contributed by atoms with E-state index in [2.05, 4.69) is 37.2 Å². The van der Waals surface area contributed by atoms with E-state index in [0.717, 1.165) is 15.6 Å². The Morgan fingerprint density at radius 2 is 1.71 bits per heavy atom. The molecule has 0 fully saturated rings. The quantitative estimate of drug-likeness (QED) is 0.283. The summed E-state index contributed by atoms with van der Waals surface area (Å²) >= 11 is 7.12. The highest BCUT2D eigenvalue weighted by atomic mass is 79.9. The van der Waals surface area contributed by atoms with Crippen LogP contribution in [0.1, 0.15) is 46.8 Å². The standard InChI is InChI=1S/C30H25Br2NO5/c1-4-37-23-14-18(13-22(32)29(23)38-15-17-9-11-19(31)12-10-17)25-24(30(35)36-3)16(2)33-27-20-7-5-6-8-21(20)28(34)26(25)27/h5-14,25,33H,4,15H2,1-3H3/t25-/m0/s1. The Hall–Kier alpha value is -3.36. The van der Waals surface area contributed by atoms with Gasteiger partial charge in [-0.25, -0.2) is 4.79 Å². The van der Waals surface area contributed by atoms with Crippen LogP contribution in [0.5, 0.6) is 11.5 Å². The lowest BCUT2D eigenvalue weighted by molar-refractivity contribution is -0.136. The normalized spacial score (nSPS) is 16.1. The maximum absolute atomic E-state index is 13.7. The van der Waals surface area contributed by atoms with Gasteiger partial charge in [0.2, 0.25) is 0 Å². The smallest absolute Gasteiger partial charge is 0.336 e. The Labute approximate surface area is 237 Å². The number of ketones is 1. The lowest BCUT2D eigenvalue weighted by Crippen LogP contribution is -2.29. The highest BCUT2D eigenvalue weighted by molar-refractivity contribution is 9.10. The van der Waals surface area contributed by atoms with Crippen molar-refractivity contribution in [3.8, 4) is 11.5 Å². The number of hydrogen-bond acceptors (Lipinski definition) is 6. The molecule has 0 saturated carbocycles. The fourth-order valence-corrected chi connectivity index (χ4v) is 5.78. The molecule has 0 aromatic heterocycles. The Balaban J connectivity index is 1.61. The number of fused-ring (bicyclic) bond motifs is 2. The molecule has 1 N–H and O–H groups in total. The van der Waals surface area contributed by atoms with Gasteiger partial charge in [0, 0.05) is 32.8 Å². The van der Waals surface area contributed by atoms with E-state index in [1.807, 2.05) is 74.5 Å². The average molecular weight is 639 g/mol. The van der Waals surface area contributed by atoms with E-state index in [4.69, 9.17) is 14.2 Å². The van der Waals surface area contributed by atoms with Crippen LogP contribution in [0.3, 0.4) is 0 Å². The maximum Gasteiger partial charge on any atom is 0.336 e. The van der Waals surface area contributed by atoms with E-state index in [9.17, 15) is 9.59 Å². The zero-order chi connectivity index (χ0) is 27.0. The molecule has 1 aliphatic carbocycles. The molecule has 3 aromatic rings. The number of allylic oxidation sites excluding steroid dienone is 2. The second kappa shape index (κ2) is 10.8. The molecule has 0 amide bonds. The van der Waals surface area contributed by atoms with Gasteiger partial charge in [0.1, 0.15) is 6.61 Å². The molecule has 1 aliphatic heterocycles. The third kappa shape index (κ3) is 4.67. The fraction of sp³-hybridized carbons (Fsp3) is 0.200. The van der Waals surface area contributed by atoms with Gasteiger partial charge >= 0.3 is 5.97 Å². The number of Topliss-reactive ketones (excluding diaryl/α,β-unsaturated/α-hetero) is 1. The number of benzene rings is 3. The van der Waals surface area contributed by atoms with Crippen molar-refractivity contribution < 1.29 is 23.8 Å². The van der Waals surface area contributed by atoms with Gasteiger partial charge in [0.25, 0.3) is 0 Å². The van der Waals surface area contributed by atoms with Gasteiger partial charge in [0.15, 0.2) is 17.3 Å². The largest absolute Gasteiger partial charge is 0.490 e. The maximum atomic E-state index is 13.7. The van der Waals surface area contributed by atoms with Crippen LogP contribution in [0, 0.1) is 0 Å². The average Bonchev–Trinajstić information content (AvgIpc) is 3.19. The van der Waals surface area contributed by atoms with Crippen molar-refractivity contribution in [1.82, 2.24) is 5.32 Å². The van der Waals surface area contributed by atoms with E-state index in [0.29, 0.717) is 62.9 Å². The van der Waals surface area contributed by atoms with Gasteiger partial charge in [-0.05, 0) is 65.2 Å². The van der Waals surface area contributed by atoms with Crippen molar-refractivity contribution in [2.24, 2.45) is 0 Å². The number of halogens is 2. The van der Waals surface area contributed by atoms with Crippen molar-refractivity contribution in [1.29, 1.82) is 0 Å². The second-order valence-corrected chi connectivity index (χ2v) is 10.7. The molecule has 38 heavy (non-hydrogen) atoms. The first-order valence-corrected chi connectivity index (χ1v) is 13.7. The van der Waals surface area contributed by atoms with Crippen LogP contribution in [0.2, 0.25) is 0 Å². The summed E-state index contributed by atoms with van der Waals surface area (Å²) in [6.07, 6.45) is 0. The number of carbonyl (C=O) groups excluding carboxylic acids is 2. The predicted octanol–water partition coefficient (Wildman–Crippen LogP) is 6.93. The van der Waals surface area contributed by atoms with Gasteiger partial charge in [-0.2, -0.15) is 0 Å². The predicted molar refractivity (Wildman–Crippen MR) is 152 cm³/mol. The molecule has 0 spiro atoms. The Morgan fingerprint density at radius 1 is 1.00 bits per heavy atom. The molecule has 1 atom stereocenters. The van der Waals surface area contributed by atoms with E-state index in [1.54, 1.807) is 0 Å². The zero-order valence-electron chi connectivity index (χ0n) is 21.1. The lowest BCUT2D eigenvalue weighted by atomic mass is 9.79. The highest BCUT2D eigenvalue weighted by Gasteiger charge is 2.43. The van der Waals surface area contributed by atoms with Gasteiger partial charge in [-0.1, -0.05) is 52.3 Å². The Bertz CT molecular complexity index is 1510. The van der Waals surface area contributed by atoms with Gasteiger partial charge < -0.3 is 19.5 Å². The third-order valence-electron chi connectivity index (χ3n) is 6.62. The number of hydrogen-bond donors (Lipinski definition) is 1. The first-order chi connectivity index (χ1) is 18.3. The summed E-state index contributed by atoms with van der Waals surface area (Å²) < 4.78 is 19.0. The third-order valence-corrected chi connectivity index (χ3v) is 7.73. The van der Waals surface area contributed by atoms with Crippen molar-refractivity contribution >= 4 is 49.3 Å². The molecule has 6 nitrogen and oxygen atoms in total. The minimum atomic E-state index is -0.658. The minimum Gasteiger partial charge on any atom is -0.490 e. The van der Waals surface area contributed by atoms with E-state index in [-0.39, 0.29) is 5.78 Å². The Kier molecular flexibility index (Phi) is 7.45. The first kappa shape index (κ1) is 26.3. The number of esters is 1. The lowest BCUT2D eigenvalue weighted by Gasteiger charge is -2.29. The van der Waals surface area contributed by atoms with E-state index < -0.39 is 11.9 Å². The fourth-order valence-electron chi connectivity index (χ4n) is 4.94. The van der Waals surface area contributed by atoms with Gasteiger partial charge in [0.05, 0.1) is 29.5 Å². The molecule has 194 valence electrons. The summed E-state index contributed by atoms with van der Waals surface area (Å²) in [5, 5.41) is 3.30. The van der Waals surface area contributed by atoms with Crippen LogP contribution >= 0.6 is 31.9 Å². The topological polar surface area (TPSA) is 73.9 Å². The highest BCUT2D eigenvalue weighted by Crippen LogP contribution is 2.49. The van der Waals surface area contributed by atoms with Crippen LogP contribution in [-0.4, -0.2) is 25.5 Å². The first-order valence-electron chi connectivity index (χ1n) is 12.1. The molecule has 3 aromatic carbocycles. The number of rotatable bonds is 7. The molecular formula is C30H25Br2NO5. The van der Waals surface area contributed by atoms with Crippen molar-refractivity contribution in [3.05, 3.63) is 109 Å². The minimum absolute atomic E-state index is 0.119. The van der Waals surface area contributed by atoms with Gasteiger partial charge in [-0.3, -0.25) is 4.79 Å². The summed E-state index contributed by atoms with van der Waals surface area (Å²) in [4.78, 5) is 26.7. The summed E-state index contributed by atoms with van der Waals surface area (Å²) in [6, 6.07) is 19.1. The van der Waals surface area contributed by atoms with Crippen molar-refractivity contribution in [2.75, 3.05) is 13.7 Å². The van der Waals surface area contributed by atoms with Crippen LogP contribution in [0.15, 0.2) is 86.5 Å². The number of carbonyl (C=O) groups is 2. The molecule has 0 radical (unpaired) electrons. The van der Waals surface area contributed by atoms with Crippen molar-refractivity contribution in [3.63, 3.8) is 0 Å². The number of methoxy groups -OCH3 is 1. The number of nitrogens with one attached hydrogen (secondary N) is 1. The molecule has 5 rings (SSSR count). The van der Waals surface area contributed by atoms with Crippen LogP contribution in [-0.2, 0) is 16.1 Å². The summed E-state index contributed by atoms with van der Waals surface area (Å²) in [5.74, 6) is -0.219. The molecule has 8 heteroatoms. The van der Waals surface area contributed by atoms with E-state index >= 15 is 0 Å². The Morgan fingerprint density at radius 3 is 2.39 bits per heavy atom. The molecular weight excluding hydrogens is 614 g/mol. The van der Waals surface area contributed by atoms with Crippen LogP contribution in [0.4, 0.5) is 0 Å². The van der Waals surface area contributed by atoms with Crippen LogP contribution < -0.4 is 14.8 Å². The summed E-state index contributed by atoms with van der Waals surface area (Å²) in [7, 11) is 1.34. The molecule has 0 bridgehead atoms. The number of dihydropyridines is 1. The van der Waals surface area contributed by atoms with E-state index in [1.165, 1.54) is 7.11 Å². The SMILES string of the molecule is CCOc1cc([C@H]2C(C(=O)OC)=C(C)NC3=C2C(=O)c2ccccc23)cc(Br)c1OCc1ccc(Br)cc1. The molecule has 1 heterocycles. The van der Waals surface area contributed by atoms with Crippen LogP contribution in [0.25, 0.3) is 5.70 Å². The summed E-state index contributed by atoms with van der Waals surface area (Å²) in [5.41, 5.74) is 5.37. The second-order valence-electron chi connectivity index (χ2n) is 8.93. The van der Waals surface area contributed by atoms with Crippen molar-refractivity contribution in [2.45, 2.75) is 26.4 Å². The monoisotopic (exact) mass is 637 g/mol.